The number of carbonyl (C=O) groups excluding carboxylic acids is 1. The molecular formula is C7H13NO2. The van der Waals surface area contributed by atoms with Gasteiger partial charge in [0.05, 0.1) is 6.61 Å². The highest BCUT2D eigenvalue weighted by atomic mass is 16.6. The molecule has 0 heterocycles. The Balaban J connectivity index is 3.65. The summed E-state index contributed by atoms with van der Waals surface area (Å²) in [4.78, 5) is 12.2. The minimum atomic E-state index is -0.340. The summed E-state index contributed by atoms with van der Waals surface area (Å²) in [5, 5.41) is 0. The number of hydrogen-bond acceptors (Lipinski definition) is 2. The van der Waals surface area contributed by atoms with Crippen molar-refractivity contribution in [2.45, 2.75) is 6.92 Å². The van der Waals surface area contributed by atoms with Crippen molar-refractivity contribution in [2.24, 2.45) is 0 Å². The van der Waals surface area contributed by atoms with Gasteiger partial charge in [-0.15, -0.1) is 0 Å². The second kappa shape index (κ2) is 5.09. The summed E-state index contributed by atoms with van der Waals surface area (Å²) in [6.45, 7) is 10.1. The van der Waals surface area contributed by atoms with E-state index in [2.05, 4.69) is 13.8 Å². The molecule has 0 saturated heterocycles. The van der Waals surface area contributed by atoms with Gasteiger partial charge in [-0.3, -0.25) is 0 Å². The van der Waals surface area contributed by atoms with E-state index in [-0.39, 0.29) is 6.09 Å². The predicted molar refractivity (Wildman–Crippen MR) is 39.3 cm³/mol. The quantitative estimate of drug-likeness (QED) is 0.592. The SMILES string of the molecule is [CH2]CN(C[CH2])C(=O)OCC. The van der Waals surface area contributed by atoms with Gasteiger partial charge in [0.2, 0.25) is 0 Å². The van der Waals surface area contributed by atoms with Crippen LogP contribution in [0.2, 0.25) is 0 Å². The van der Waals surface area contributed by atoms with Gasteiger partial charge in [0.1, 0.15) is 0 Å². The van der Waals surface area contributed by atoms with Gasteiger partial charge in [-0.25, -0.2) is 4.79 Å². The van der Waals surface area contributed by atoms with E-state index >= 15 is 0 Å². The zero-order valence-electron chi connectivity index (χ0n) is 6.30. The van der Waals surface area contributed by atoms with Crippen LogP contribution in [-0.4, -0.2) is 30.7 Å². The normalized spacial score (nSPS) is 9.10. The second-order valence-corrected chi connectivity index (χ2v) is 1.69. The molecule has 2 radical (unpaired) electrons. The minimum Gasteiger partial charge on any atom is -0.450 e. The molecule has 0 fully saturated rings. The lowest BCUT2D eigenvalue weighted by atomic mass is 10.6. The maximum absolute atomic E-state index is 10.8. The topological polar surface area (TPSA) is 29.5 Å². The highest BCUT2D eigenvalue weighted by molar-refractivity contribution is 5.67. The van der Waals surface area contributed by atoms with Crippen LogP contribution < -0.4 is 0 Å². The summed E-state index contributed by atoms with van der Waals surface area (Å²) >= 11 is 0. The first-order valence-electron chi connectivity index (χ1n) is 3.26. The van der Waals surface area contributed by atoms with Crippen molar-refractivity contribution in [2.75, 3.05) is 19.7 Å². The van der Waals surface area contributed by atoms with Crippen molar-refractivity contribution < 1.29 is 9.53 Å². The molecule has 58 valence electrons. The summed E-state index contributed by atoms with van der Waals surface area (Å²) in [6, 6.07) is 0. The Labute approximate surface area is 62.0 Å². The molecule has 0 aromatic heterocycles. The van der Waals surface area contributed by atoms with Gasteiger partial charge in [-0.2, -0.15) is 0 Å². The maximum atomic E-state index is 10.8. The second-order valence-electron chi connectivity index (χ2n) is 1.69. The van der Waals surface area contributed by atoms with Crippen molar-refractivity contribution >= 4 is 6.09 Å². The lowest BCUT2D eigenvalue weighted by Crippen LogP contribution is -2.31. The predicted octanol–water partition coefficient (Wildman–Crippen LogP) is 1.11. The van der Waals surface area contributed by atoms with Crippen LogP contribution in [0.25, 0.3) is 0 Å². The molecule has 1 amide bonds. The molecule has 0 spiro atoms. The van der Waals surface area contributed by atoms with Crippen molar-refractivity contribution in [3.63, 3.8) is 0 Å². The zero-order chi connectivity index (χ0) is 7.98. The molecule has 10 heavy (non-hydrogen) atoms. The smallest absolute Gasteiger partial charge is 0.409 e. The van der Waals surface area contributed by atoms with Crippen molar-refractivity contribution in [1.29, 1.82) is 0 Å². The Kier molecular flexibility index (Phi) is 4.72. The van der Waals surface area contributed by atoms with E-state index in [1.54, 1.807) is 6.92 Å². The molecule has 0 aliphatic carbocycles. The summed E-state index contributed by atoms with van der Waals surface area (Å²) in [7, 11) is 0. The van der Waals surface area contributed by atoms with Crippen molar-refractivity contribution in [1.82, 2.24) is 4.90 Å². The van der Waals surface area contributed by atoms with Gasteiger partial charge >= 0.3 is 6.09 Å². The molecule has 0 saturated carbocycles. The molecular weight excluding hydrogens is 130 g/mol. The third-order valence-electron chi connectivity index (χ3n) is 1.07. The lowest BCUT2D eigenvalue weighted by molar-refractivity contribution is 0.115. The van der Waals surface area contributed by atoms with Crippen LogP contribution in [-0.2, 0) is 4.74 Å². The number of nitrogens with zero attached hydrogens (tertiary/aromatic N) is 1. The van der Waals surface area contributed by atoms with E-state index in [1.165, 1.54) is 4.90 Å². The molecule has 3 heteroatoms. The van der Waals surface area contributed by atoms with Crippen LogP contribution in [0.15, 0.2) is 0 Å². The number of amides is 1. The fourth-order valence-corrected chi connectivity index (χ4v) is 0.509. The first-order valence-corrected chi connectivity index (χ1v) is 3.26. The Morgan fingerprint density at radius 1 is 1.50 bits per heavy atom. The Morgan fingerprint density at radius 3 is 2.30 bits per heavy atom. The zero-order valence-corrected chi connectivity index (χ0v) is 6.30. The van der Waals surface area contributed by atoms with E-state index < -0.39 is 0 Å². The van der Waals surface area contributed by atoms with E-state index in [0.717, 1.165) is 0 Å². The number of ether oxygens (including phenoxy) is 1. The molecule has 0 rings (SSSR count). The van der Waals surface area contributed by atoms with E-state index in [9.17, 15) is 4.79 Å². The summed E-state index contributed by atoms with van der Waals surface area (Å²) in [6.07, 6.45) is -0.340. The molecule has 0 N–H and O–H groups in total. The van der Waals surface area contributed by atoms with Crippen LogP contribution in [0, 0.1) is 13.8 Å². The minimum absolute atomic E-state index is 0.340. The number of carbonyl (C=O) groups is 1. The van der Waals surface area contributed by atoms with Crippen LogP contribution in [0.5, 0.6) is 0 Å². The first kappa shape index (κ1) is 9.27. The van der Waals surface area contributed by atoms with Crippen LogP contribution in [0.1, 0.15) is 6.92 Å². The molecule has 0 aromatic carbocycles. The number of hydrogen-bond donors (Lipinski definition) is 0. The van der Waals surface area contributed by atoms with Gasteiger partial charge in [0, 0.05) is 13.1 Å². The van der Waals surface area contributed by atoms with Gasteiger partial charge in [-0.05, 0) is 20.8 Å². The molecule has 0 unspecified atom stereocenters. The highest BCUT2D eigenvalue weighted by Crippen LogP contribution is 1.91. The van der Waals surface area contributed by atoms with Crippen molar-refractivity contribution in [3.05, 3.63) is 13.8 Å². The summed E-state index contributed by atoms with van der Waals surface area (Å²) < 4.78 is 4.69. The Morgan fingerprint density at radius 2 is 2.00 bits per heavy atom. The number of rotatable bonds is 3. The van der Waals surface area contributed by atoms with Gasteiger partial charge in [0.15, 0.2) is 0 Å². The Hall–Kier alpha value is -0.730. The monoisotopic (exact) mass is 143 g/mol. The van der Waals surface area contributed by atoms with Crippen LogP contribution >= 0.6 is 0 Å². The van der Waals surface area contributed by atoms with Gasteiger partial charge < -0.3 is 9.64 Å². The molecule has 0 aromatic rings. The first-order chi connectivity index (χ1) is 4.76. The molecule has 0 atom stereocenters. The Bertz CT molecular complexity index is 99.8. The average Bonchev–Trinajstić information content (AvgIpc) is 1.91. The van der Waals surface area contributed by atoms with Gasteiger partial charge in [0.25, 0.3) is 0 Å². The van der Waals surface area contributed by atoms with Crippen LogP contribution in [0.3, 0.4) is 0 Å². The van der Waals surface area contributed by atoms with E-state index in [1.807, 2.05) is 0 Å². The maximum Gasteiger partial charge on any atom is 0.409 e. The summed E-state index contributed by atoms with van der Waals surface area (Å²) in [5.41, 5.74) is 0. The molecule has 0 aliphatic heterocycles. The van der Waals surface area contributed by atoms with Crippen molar-refractivity contribution in [3.8, 4) is 0 Å². The van der Waals surface area contributed by atoms with E-state index in [0.29, 0.717) is 19.7 Å². The average molecular weight is 143 g/mol. The largest absolute Gasteiger partial charge is 0.450 e. The summed E-state index contributed by atoms with van der Waals surface area (Å²) in [5.74, 6) is 0. The standard InChI is InChI=1S/C7H13NO2/c1-4-8(5-2)7(9)10-6-3/h1-2,4-6H2,3H3. The van der Waals surface area contributed by atoms with Crippen LogP contribution in [0.4, 0.5) is 4.79 Å². The molecule has 3 nitrogen and oxygen atoms in total. The fourth-order valence-electron chi connectivity index (χ4n) is 0.509. The van der Waals surface area contributed by atoms with E-state index in [4.69, 9.17) is 4.74 Å². The fraction of sp³-hybridized carbons (Fsp3) is 0.571. The third-order valence-corrected chi connectivity index (χ3v) is 1.07. The third kappa shape index (κ3) is 2.71. The highest BCUT2D eigenvalue weighted by Gasteiger charge is 2.08. The lowest BCUT2D eigenvalue weighted by Gasteiger charge is -2.16. The molecule has 0 bridgehead atoms. The van der Waals surface area contributed by atoms with Gasteiger partial charge in [-0.1, -0.05) is 0 Å². The molecule has 0 aliphatic rings.